The SMILES string of the molecule is O=C(N[C@H]1C[C@@H]2C[C@H]1CN2C(=O)c1ccccc1OC(F)(F)F)c1ccccc1. The smallest absolute Gasteiger partial charge is 0.405 e. The first-order valence-corrected chi connectivity index (χ1v) is 9.33. The number of para-hydroxylation sites is 1. The average Bonchev–Trinajstić information content (AvgIpc) is 3.28. The van der Waals surface area contributed by atoms with Crippen LogP contribution in [0.3, 0.4) is 0 Å². The maximum absolute atomic E-state index is 12.9. The zero-order valence-corrected chi connectivity index (χ0v) is 15.4. The fourth-order valence-electron chi connectivity index (χ4n) is 4.23. The van der Waals surface area contributed by atoms with Gasteiger partial charge in [-0.1, -0.05) is 30.3 Å². The van der Waals surface area contributed by atoms with Crippen molar-refractivity contribution in [3.8, 4) is 5.75 Å². The van der Waals surface area contributed by atoms with Gasteiger partial charge in [0.1, 0.15) is 5.75 Å². The van der Waals surface area contributed by atoms with Gasteiger partial charge >= 0.3 is 6.36 Å². The first-order valence-electron chi connectivity index (χ1n) is 9.33. The number of likely N-dealkylation sites (tertiary alicyclic amines) is 1. The summed E-state index contributed by atoms with van der Waals surface area (Å²) in [4.78, 5) is 26.9. The van der Waals surface area contributed by atoms with E-state index in [1.54, 1.807) is 29.2 Å². The summed E-state index contributed by atoms with van der Waals surface area (Å²) < 4.78 is 41.9. The summed E-state index contributed by atoms with van der Waals surface area (Å²) in [5.74, 6) is -1.07. The Hall–Kier alpha value is -3.03. The van der Waals surface area contributed by atoms with E-state index < -0.39 is 18.0 Å². The van der Waals surface area contributed by atoms with Gasteiger partial charge in [0.05, 0.1) is 5.56 Å². The summed E-state index contributed by atoms with van der Waals surface area (Å²) in [6.45, 7) is 0.392. The van der Waals surface area contributed by atoms with Crippen LogP contribution in [0.4, 0.5) is 13.2 Å². The number of nitrogens with zero attached hydrogens (tertiary/aromatic N) is 1. The Morgan fingerprint density at radius 2 is 1.69 bits per heavy atom. The number of piperidine rings is 1. The molecule has 152 valence electrons. The Labute approximate surface area is 165 Å². The molecule has 2 fully saturated rings. The fourth-order valence-corrected chi connectivity index (χ4v) is 4.23. The fraction of sp³-hybridized carbons (Fsp3) is 0.333. The maximum atomic E-state index is 12.9. The summed E-state index contributed by atoms with van der Waals surface area (Å²) >= 11 is 0. The van der Waals surface area contributed by atoms with Crippen LogP contribution < -0.4 is 10.1 Å². The van der Waals surface area contributed by atoms with Gasteiger partial charge in [0.2, 0.25) is 0 Å². The molecular weight excluding hydrogens is 385 g/mol. The molecule has 0 radical (unpaired) electrons. The quantitative estimate of drug-likeness (QED) is 0.847. The second kappa shape index (κ2) is 7.42. The molecule has 5 nitrogen and oxygen atoms in total. The second-order valence-electron chi connectivity index (χ2n) is 7.33. The number of fused-ring (bicyclic) bond motifs is 2. The molecule has 0 spiro atoms. The number of ether oxygens (including phenoxy) is 1. The molecule has 2 aromatic carbocycles. The third-order valence-electron chi connectivity index (χ3n) is 5.50. The summed E-state index contributed by atoms with van der Waals surface area (Å²) in [6.07, 6.45) is -3.57. The zero-order valence-electron chi connectivity index (χ0n) is 15.4. The van der Waals surface area contributed by atoms with Crippen LogP contribution in [-0.2, 0) is 0 Å². The molecule has 1 N–H and O–H groups in total. The van der Waals surface area contributed by atoms with Crippen LogP contribution in [-0.4, -0.2) is 41.7 Å². The van der Waals surface area contributed by atoms with Crippen molar-refractivity contribution < 1.29 is 27.5 Å². The monoisotopic (exact) mass is 404 g/mol. The number of hydrogen-bond donors (Lipinski definition) is 1. The number of rotatable bonds is 4. The Bertz CT molecular complexity index is 917. The van der Waals surface area contributed by atoms with Gasteiger partial charge < -0.3 is 15.0 Å². The topological polar surface area (TPSA) is 58.6 Å². The number of nitrogens with one attached hydrogen (secondary N) is 1. The lowest BCUT2D eigenvalue weighted by Crippen LogP contribution is -2.47. The van der Waals surface area contributed by atoms with E-state index in [0.717, 1.165) is 6.07 Å². The Balaban J connectivity index is 1.43. The highest BCUT2D eigenvalue weighted by Crippen LogP contribution is 2.39. The molecule has 29 heavy (non-hydrogen) atoms. The van der Waals surface area contributed by atoms with Crippen molar-refractivity contribution in [1.82, 2.24) is 10.2 Å². The van der Waals surface area contributed by atoms with Gasteiger partial charge in [-0.2, -0.15) is 0 Å². The highest BCUT2D eigenvalue weighted by Gasteiger charge is 2.47. The van der Waals surface area contributed by atoms with E-state index in [-0.39, 0.29) is 29.5 Å². The highest BCUT2D eigenvalue weighted by atomic mass is 19.4. The lowest BCUT2D eigenvalue weighted by atomic mass is 10.0. The molecule has 1 heterocycles. The number of carbonyl (C=O) groups is 2. The molecule has 1 saturated carbocycles. The number of halogens is 3. The largest absolute Gasteiger partial charge is 0.573 e. The molecule has 2 bridgehead atoms. The minimum Gasteiger partial charge on any atom is -0.405 e. The van der Waals surface area contributed by atoms with E-state index in [1.807, 2.05) is 6.07 Å². The molecule has 0 aromatic heterocycles. The third-order valence-corrected chi connectivity index (χ3v) is 5.50. The van der Waals surface area contributed by atoms with Gasteiger partial charge in [-0.15, -0.1) is 13.2 Å². The van der Waals surface area contributed by atoms with Crippen LogP contribution in [0.1, 0.15) is 33.6 Å². The lowest BCUT2D eigenvalue weighted by Gasteiger charge is -2.32. The number of amides is 2. The van der Waals surface area contributed by atoms with Crippen molar-refractivity contribution in [3.63, 3.8) is 0 Å². The number of benzene rings is 2. The van der Waals surface area contributed by atoms with E-state index >= 15 is 0 Å². The molecule has 3 atom stereocenters. The van der Waals surface area contributed by atoms with Crippen molar-refractivity contribution >= 4 is 11.8 Å². The normalized spacial score (nSPS) is 23.1. The summed E-state index contributed by atoms with van der Waals surface area (Å²) in [5.41, 5.74) is 0.462. The molecule has 2 amide bonds. The molecule has 0 unspecified atom stereocenters. The van der Waals surface area contributed by atoms with Crippen LogP contribution in [0.15, 0.2) is 54.6 Å². The molecule has 8 heteroatoms. The summed E-state index contributed by atoms with van der Waals surface area (Å²) in [7, 11) is 0. The van der Waals surface area contributed by atoms with Gasteiger partial charge in [0.25, 0.3) is 11.8 Å². The van der Waals surface area contributed by atoms with Crippen molar-refractivity contribution in [2.75, 3.05) is 6.54 Å². The predicted octanol–water partition coefficient (Wildman–Crippen LogP) is 3.62. The Morgan fingerprint density at radius 1 is 1.00 bits per heavy atom. The van der Waals surface area contributed by atoms with Crippen molar-refractivity contribution in [3.05, 3.63) is 65.7 Å². The van der Waals surface area contributed by atoms with E-state index in [1.165, 1.54) is 18.2 Å². The first-order chi connectivity index (χ1) is 13.8. The number of alkyl halides is 3. The van der Waals surface area contributed by atoms with E-state index in [2.05, 4.69) is 10.1 Å². The van der Waals surface area contributed by atoms with Gasteiger partial charge in [0, 0.05) is 24.2 Å². The van der Waals surface area contributed by atoms with Crippen LogP contribution in [0, 0.1) is 5.92 Å². The van der Waals surface area contributed by atoms with Crippen LogP contribution in [0.2, 0.25) is 0 Å². The number of hydrogen-bond acceptors (Lipinski definition) is 3. The third kappa shape index (κ3) is 4.06. The van der Waals surface area contributed by atoms with Gasteiger partial charge in [-0.05, 0) is 43.0 Å². The molecule has 2 aromatic rings. The first kappa shape index (κ1) is 19.3. The van der Waals surface area contributed by atoms with Crippen molar-refractivity contribution in [1.29, 1.82) is 0 Å². The van der Waals surface area contributed by atoms with Crippen molar-refractivity contribution in [2.24, 2.45) is 5.92 Å². The molecular formula is C21H19F3N2O3. The van der Waals surface area contributed by atoms with E-state index in [0.29, 0.717) is 24.9 Å². The number of carbonyl (C=O) groups excluding carboxylic acids is 2. The minimum absolute atomic E-state index is 0.0570. The van der Waals surface area contributed by atoms with E-state index in [9.17, 15) is 22.8 Å². The van der Waals surface area contributed by atoms with Crippen LogP contribution in [0.5, 0.6) is 5.75 Å². The molecule has 1 aliphatic heterocycles. The summed E-state index contributed by atoms with van der Waals surface area (Å²) in [5, 5.41) is 3.02. The zero-order chi connectivity index (χ0) is 20.6. The molecule has 1 aliphatic carbocycles. The molecule has 2 aliphatic rings. The standard InChI is InChI=1S/C21H19F3N2O3/c22-21(23,24)29-18-9-5-4-8-16(18)20(28)26-12-14-10-15(26)11-17(14)25-19(27)13-6-2-1-3-7-13/h1-9,14-15,17H,10-12H2,(H,25,27)/t14-,15-,17-/m0/s1. The Kier molecular flexibility index (Phi) is 4.94. The van der Waals surface area contributed by atoms with Gasteiger partial charge in [0.15, 0.2) is 0 Å². The second-order valence-corrected chi connectivity index (χ2v) is 7.33. The highest BCUT2D eigenvalue weighted by molar-refractivity contribution is 5.97. The average molecular weight is 404 g/mol. The maximum Gasteiger partial charge on any atom is 0.573 e. The molecule has 4 rings (SSSR count). The predicted molar refractivity (Wildman–Crippen MR) is 98.4 cm³/mol. The molecule has 1 saturated heterocycles. The minimum atomic E-state index is -4.87. The van der Waals surface area contributed by atoms with Crippen LogP contribution >= 0.6 is 0 Å². The van der Waals surface area contributed by atoms with Gasteiger partial charge in [-0.25, -0.2) is 0 Å². The summed E-state index contributed by atoms with van der Waals surface area (Å²) in [6, 6.07) is 14.1. The van der Waals surface area contributed by atoms with Crippen LogP contribution in [0.25, 0.3) is 0 Å². The lowest BCUT2D eigenvalue weighted by molar-refractivity contribution is -0.274. The Morgan fingerprint density at radius 3 is 2.34 bits per heavy atom. The van der Waals surface area contributed by atoms with Crippen molar-refractivity contribution in [2.45, 2.75) is 31.3 Å². The van der Waals surface area contributed by atoms with E-state index in [4.69, 9.17) is 0 Å². The van der Waals surface area contributed by atoms with Gasteiger partial charge in [-0.3, -0.25) is 9.59 Å².